The van der Waals surface area contributed by atoms with E-state index in [9.17, 15) is 0 Å². The van der Waals surface area contributed by atoms with Crippen molar-refractivity contribution in [3.63, 3.8) is 0 Å². The molecule has 0 aromatic heterocycles. The van der Waals surface area contributed by atoms with Crippen molar-refractivity contribution in [3.05, 3.63) is 27.7 Å². The average Bonchev–Trinajstić information content (AvgIpc) is 1.98. The van der Waals surface area contributed by atoms with Gasteiger partial charge in [0.15, 0.2) is 6.19 Å². The highest BCUT2D eigenvalue weighted by Crippen LogP contribution is 2.25. The van der Waals surface area contributed by atoms with Gasteiger partial charge in [0, 0.05) is 10.2 Å². The molecular formula is C7H4BrClN2. The van der Waals surface area contributed by atoms with Gasteiger partial charge >= 0.3 is 0 Å². The number of anilines is 1. The van der Waals surface area contributed by atoms with Crippen molar-refractivity contribution in [2.24, 2.45) is 0 Å². The van der Waals surface area contributed by atoms with Crippen molar-refractivity contribution in [1.82, 2.24) is 0 Å². The van der Waals surface area contributed by atoms with Crippen LogP contribution in [0.3, 0.4) is 0 Å². The van der Waals surface area contributed by atoms with Crippen molar-refractivity contribution >= 4 is 33.2 Å². The smallest absolute Gasteiger partial charge is 0.181 e. The Morgan fingerprint density at radius 2 is 2.27 bits per heavy atom. The molecule has 0 heterocycles. The van der Waals surface area contributed by atoms with E-state index in [-0.39, 0.29) is 0 Å². The molecule has 4 heteroatoms. The van der Waals surface area contributed by atoms with Crippen molar-refractivity contribution in [1.29, 1.82) is 5.26 Å². The van der Waals surface area contributed by atoms with Gasteiger partial charge in [-0.05, 0) is 34.1 Å². The summed E-state index contributed by atoms with van der Waals surface area (Å²) in [5.74, 6) is 0. The predicted molar refractivity (Wildman–Crippen MR) is 48.4 cm³/mol. The predicted octanol–water partition coefficient (Wildman–Crippen LogP) is 3.00. The molecule has 56 valence electrons. The standard InChI is InChI=1S/C7H4BrClN2/c8-6-2-1-5(11-4-10)3-7(6)9/h1-3,11H. The van der Waals surface area contributed by atoms with Crippen LogP contribution in [-0.2, 0) is 0 Å². The van der Waals surface area contributed by atoms with Crippen LogP contribution in [0.1, 0.15) is 0 Å². The van der Waals surface area contributed by atoms with Gasteiger partial charge in [0.2, 0.25) is 0 Å². The van der Waals surface area contributed by atoms with Gasteiger partial charge in [-0.3, -0.25) is 5.32 Å². The summed E-state index contributed by atoms with van der Waals surface area (Å²) in [6, 6.07) is 5.22. The minimum Gasteiger partial charge on any atom is -0.293 e. The highest BCUT2D eigenvalue weighted by molar-refractivity contribution is 9.10. The summed E-state index contributed by atoms with van der Waals surface area (Å²) in [6.07, 6.45) is 1.81. The van der Waals surface area contributed by atoms with Gasteiger partial charge in [-0.2, -0.15) is 5.26 Å². The molecule has 0 spiro atoms. The van der Waals surface area contributed by atoms with Crippen LogP contribution in [0.4, 0.5) is 5.69 Å². The molecule has 0 amide bonds. The first kappa shape index (κ1) is 8.38. The van der Waals surface area contributed by atoms with Crippen LogP contribution in [-0.4, -0.2) is 0 Å². The highest BCUT2D eigenvalue weighted by Gasteiger charge is 1.96. The number of hydrogen-bond donors (Lipinski definition) is 1. The lowest BCUT2D eigenvalue weighted by atomic mass is 10.3. The first-order chi connectivity index (χ1) is 5.24. The Kier molecular flexibility index (Phi) is 2.75. The number of hydrogen-bond acceptors (Lipinski definition) is 2. The first-order valence-electron chi connectivity index (χ1n) is 2.84. The Bertz CT molecular complexity index is 306. The Hall–Kier alpha value is -0.720. The van der Waals surface area contributed by atoms with E-state index in [0.717, 1.165) is 4.47 Å². The van der Waals surface area contributed by atoms with Crippen LogP contribution < -0.4 is 5.32 Å². The molecule has 11 heavy (non-hydrogen) atoms. The monoisotopic (exact) mass is 230 g/mol. The third kappa shape index (κ3) is 2.11. The van der Waals surface area contributed by atoms with E-state index in [1.807, 2.05) is 0 Å². The largest absolute Gasteiger partial charge is 0.293 e. The van der Waals surface area contributed by atoms with Crippen molar-refractivity contribution in [2.45, 2.75) is 0 Å². The number of nitriles is 1. The number of nitrogens with one attached hydrogen (secondary N) is 1. The molecule has 0 radical (unpaired) electrons. The lowest BCUT2D eigenvalue weighted by Gasteiger charge is -1.98. The lowest BCUT2D eigenvalue weighted by Crippen LogP contribution is -1.85. The Labute approximate surface area is 77.9 Å². The molecular weight excluding hydrogens is 227 g/mol. The average molecular weight is 231 g/mol. The summed E-state index contributed by atoms with van der Waals surface area (Å²) in [7, 11) is 0. The molecule has 0 unspecified atom stereocenters. The molecule has 1 rings (SSSR count). The fourth-order valence-corrected chi connectivity index (χ4v) is 1.07. The summed E-state index contributed by atoms with van der Waals surface area (Å²) in [4.78, 5) is 0. The van der Waals surface area contributed by atoms with E-state index in [4.69, 9.17) is 16.9 Å². The molecule has 0 fully saturated rings. The van der Waals surface area contributed by atoms with Crippen LogP contribution in [0.15, 0.2) is 22.7 Å². The summed E-state index contributed by atoms with van der Waals surface area (Å²) in [5, 5.41) is 11.3. The highest BCUT2D eigenvalue weighted by atomic mass is 79.9. The molecule has 0 saturated heterocycles. The number of halogens is 2. The van der Waals surface area contributed by atoms with Gasteiger partial charge in [-0.1, -0.05) is 11.6 Å². The normalized spacial score (nSPS) is 8.82. The maximum atomic E-state index is 8.26. The summed E-state index contributed by atoms with van der Waals surface area (Å²) >= 11 is 8.99. The fourth-order valence-electron chi connectivity index (χ4n) is 0.638. The molecule has 1 aromatic carbocycles. The Morgan fingerprint density at radius 1 is 1.55 bits per heavy atom. The fraction of sp³-hybridized carbons (Fsp3) is 0. The molecule has 0 atom stereocenters. The van der Waals surface area contributed by atoms with E-state index in [2.05, 4.69) is 21.2 Å². The van der Waals surface area contributed by atoms with Crippen molar-refractivity contribution < 1.29 is 0 Å². The van der Waals surface area contributed by atoms with E-state index in [1.165, 1.54) is 0 Å². The third-order valence-corrected chi connectivity index (χ3v) is 2.35. The zero-order valence-corrected chi connectivity index (χ0v) is 7.78. The minimum atomic E-state index is 0.588. The molecule has 0 saturated carbocycles. The Balaban J connectivity index is 2.98. The van der Waals surface area contributed by atoms with Gasteiger partial charge in [0.25, 0.3) is 0 Å². The third-order valence-electron chi connectivity index (χ3n) is 1.12. The molecule has 0 aliphatic rings. The number of benzene rings is 1. The van der Waals surface area contributed by atoms with E-state index in [0.29, 0.717) is 10.7 Å². The zero-order valence-electron chi connectivity index (χ0n) is 5.44. The number of nitrogens with zero attached hydrogens (tertiary/aromatic N) is 1. The molecule has 0 aliphatic carbocycles. The quantitative estimate of drug-likeness (QED) is 0.596. The SMILES string of the molecule is N#CNc1ccc(Br)c(Cl)c1. The second kappa shape index (κ2) is 3.61. The minimum absolute atomic E-state index is 0.588. The van der Waals surface area contributed by atoms with Crippen molar-refractivity contribution in [3.8, 4) is 6.19 Å². The Morgan fingerprint density at radius 3 is 2.82 bits per heavy atom. The van der Waals surface area contributed by atoms with Crippen LogP contribution >= 0.6 is 27.5 Å². The van der Waals surface area contributed by atoms with Crippen LogP contribution in [0.5, 0.6) is 0 Å². The van der Waals surface area contributed by atoms with E-state index in [1.54, 1.807) is 24.4 Å². The van der Waals surface area contributed by atoms with Crippen molar-refractivity contribution in [2.75, 3.05) is 5.32 Å². The topological polar surface area (TPSA) is 35.8 Å². The molecule has 1 N–H and O–H groups in total. The van der Waals surface area contributed by atoms with Crippen LogP contribution in [0.2, 0.25) is 5.02 Å². The van der Waals surface area contributed by atoms with Gasteiger partial charge in [-0.25, -0.2) is 0 Å². The second-order valence-electron chi connectivity index (χ2n) is 1.87. The lowest BCUT2D eigenvalue weighted by molar-refractivity contribution is 1.47. The van der Waals surface area contributed by atoms with Crippen LogP contribution in [0.25, 0.3) is 0 Å². The summed E-state index contributed by atoms with van der Waals surface area (Å²) < 4.78 is 0.822. The summed E-state index contributed by atoms with van der Waals surface area (Å²) in [5.41, 5.74) is 0.695. The summed E-state index contributed by atoms with van der Waals surface area (Å²) in [6.45, 7) is 0. The van der Waals surface area contributed by atoms with Gasteiger partial charge < -0.3 is 0 Å². The van der Waals surface area contributed by atoms with Crippen LogP contribution in [0, 0.1) is 11.5 Å². The maximum absolute atomic E-state index is 8.26. The van der Waals surface area contributed by atoms with E-state index < -0.39 is 0 Å². The molecule has 1 aromatic rings. The second-order valence-corrected chi connectivity index (χ2v) is 3.13. The molecule has 2 nitrogen and oxygen atoms in total. The maximum Gasteiger partial charge on any atom is 0.181 e. The molecule has 0 bridgehead atoms. The number of rotatable bonds is 1. The van der Waals surface area contributed by atoms with Gasteiger partial charge in [0.1, 0.15) is 0 Å². The molecule has 0 aliphatic heterocycles. The zero-order chi connectivity index (χ0) is 8.27. The van der Waals surface area contributed by atoms with E-state index >= 15 is 0 Å². The van der Waals surface area contributed by atoms with Gasteiger partial charge in [0.05, 0.1) is 5.02 Å². The van der Waals surface area contributed by atoms with Gasteiger partial charge in [-0.15, -0.1) is 0 Å². The first-order valence-corrected chi connectivity index (χ1v) is 4.01.